The predicted octanol–water partition coefficient (Wildman–Crippen LogP) is 3.57. The summed E-state index contributed by atoms with van der Waals surface area (Å²) >= 11 is 0. The molecule has 0 aliphatic carbocycles. The summed E-state index contributed by atoms with van der Waals surface area (Å²) in [6.07, 6.45) is 4.11. The Bertz CT molecular complexity index is 1250. The number of likely N-dealkylation sites (tertiary alicyclic amines) is 1. The van der Waals surface area contributed by atoms with E-state index in [-0.39, 0.29) is 11.3 Å². The minimum Gasteiger partial charge on any atom is -0.369 e. The van der Waals surface area contributed by atoms with Crippen molar-refractivity contribution in [1.29, 1.82) is 0 Å². The number of benzene rings is 2. The standard InChI is InChI=1S/C28H35N7O/c1-21(36)34-12-10-28(19-34)11-13-35(20-28)25-5-3-4-22-18-29-27(31-26(22)25)30-23-6-8-24(9-7-23)33-16-14-32(2)15-17-33/h3-9,18H,10-17,19-20H2,1-2H3,(H,29,30,31). The summed E-state index contributed by atoms with van der Waals surface area (Å²) in [5, 5.41) is 4.45. The molecule has 1 unspecified atom stereocenters. The highest BCUT2D eigenvalue weighted by Crippen LogP contribution is 2.42. The van der Waals surface area contributed by atoms with E-state index in [0.717, 1.165) is 87.5 Å². The fourth-order valence-electron chi connectivity index (χ4n) is 5.98. The Morgan fingerprint density at radius 1 is 0.917 bits per heavy atom. The first-order valence-electron chi connectivity index (χ1n) is 13.0. The van der Waals surface area contributed by atoms with Crippen LogP contribution < -0.4 is 15.1 Å². The smallest absolute Gasteiger partial charge is 0.227 e. The Kier molecular flexibility index (Phi) is 5.91. The van der Waals surface area contributed by atoms with E-state index in [1.165, 1.54) is 5.69 Å². The van der Waals surface area contributed by atoms with Crippen LogP contribution in [0.5, 0.6) is 0 Å². The molecule has 6 rings (SSSR count). The summed E-state index contributed by atoms with van der Waals surface area (Å²) in [6.45, 7) is 9.71. The second-order valence-corrected chi connectivity index (χ2v) is 10.7. The lowest BCUT2D eigenvalue weighted by Gasteiger charge is -2.34. The van der Waals surface area contributed by atoms with Gasteiger partial charge in [-0.15, -0.1) is 0 Å². The highest BCUT2D eigenvalue weighted by molar-refractivity contribution is 5.91. The van der Waals surface area contributed by atoms with Gasteiger partial charge in [-0.25, -0.2) is 9.97 Å². The topological polar surface area (TPSA) is 67.8 Å². The molecule has 2 aromatic carbocycles. The first-order chi connectivity index (χ1) is 17.5. The van der Waals surface area contributed by atoms with Crippen molar-refractivity contribution in [2.24, 2.45) is 5.41 Å². The van der Waals surface area contributed by atoms with Gasteiger partial charge in [0.25, 0.3) is 0 Å². The van der Waals surface area contributed by atoms with Gasteiger partial charge < -0.3 is 24.9 Å². The van der Waals surface area contributed by atoms with Gasteiger partial charge in [0.15, 0.2) is 0 Å². The number of anilines is 4. The van der Waals surface area contributed by atoms with E-state index in [4.69, 9.17) is 4.98 Å². The molecule has 4 heterocycles. The van der Waals surface area contributed by atoms with Gasteiger partial charge in [-0.1, -0.05) is 12.1 Å². The number of nitrogens with zero attached hydrogens (tertiary/aromatic N) is 6. The maximum atomic E-state index is 11.9. The van der Waals surface area contributed by atoms with Gasteiger partial charge in [0.1, 0.15) is 0 Å². The van der Waals surface area contributed by atoms with E-state index in [1.54, 1.807) is 6.92 Å². The molecule has 3 aliphatic rings. The van der Waals surface area contributed by atoms with Crippen molar-refractivity contribution in [3.05, 3.63) is 48.7 Å². The Balaban J connectivity index is 1.19. The van der Waals surface area contributed by atoms with Gasteiger partial charge >= 0.3 is 0 Å². The Labute approximate surface area is 212 Å². The maximum absolute atomic E-state index is 11.9. The zero-order valence-electron chi connectivity index (χ0n) is 21.3. The molecule has 8 heteroatoms. The fourth-order valence-corrected chi connectivity index (χ4v) is 5.98. The number of aromatic nitrogens is 2. The number of fused-ring (bicyclic) bond motifs is 1. The third kappa shape index (κ3) is 4.46. The summed E-state index contributed by atoms with van der Waals surface area (Å²) in [5.74, 6) is 0.801. The van der Waals surface area contributed by atoms with Gasteiger partial charge in [-0.2, -0.15) is 0 Å². The van der Waals surface area contributed by atoms with Crippen LogP contribution in [-0.4, -0.2) is 85.1 Å². The summed E-state index contributed by atoms with van der Waals surface area (Å²) in [6, 6.07) is 14.9. The van der Waals surface area contributed by atoms with Crippen molar-refractivity contribution in [1.82, 2.24) is 19.8 Å². The number of carbonyl (C=O) groups excluding carboxylic acids is 1. The van der Waals surface area contributed by atoms with Crippen LogP contribution in [0.25, 0.3) is 10.9 Å². The van der Waals surface area contributed by atoms with Crippen LogP contribution in [0.15, 0.2) is 48.7 Å². The van der Waals surface area contributed by atoms with Crippen LogP contribution in [0.3, 0.4) is 0 Å². The summed E-state index contributed by atoms with van der Waals surface area (Å²) in [7, 11) is 2.18. The molecule has 1 amide bonds. The molecule has 8 nitrogen and oxygen atoms in total. The van der Waals surface area contributed by atoms with Crippen molar-refractivity contribution in [3.8, 4) is 0 Å². The van der Waals surface area contributed by atoms with Crippen LogP contribution in [0.4, 0.5) is 23.0 Å². The average Bonchev–Trinajstić information content (AvgIpc) is 3.51. The van der Waals surface area contributed by atoms with Gasteiger partial charge in [0, 0.05) is 87.7 Å². The fraction of sp³-hybridized carbons (Fsp3) is 0.464. The number of amides is 1. The predicted molar refractivity (Wildman–Crippen MR) is 145 cm³/mol. The molecule has 0 saturated carbocycles. The second kappa shape index (κ2) is 9.24. The Hall–Kier alpha value is -3.39. The molecular formula is C28H35N7O. The lowest BCUT2D eigenvalue weighted by molar-refractivity contribution is -0.128. The van der Waals surface area contributed by atoms with Crippen molar-refractivity contribution in [2.75, 3.05) is 74.5 Å². The number of hydrogen-bond donors (Lipinski definition) is 1. The van der Waals surface area contributed by atoms with Gasteiger partial charge in [-0.3, -0.25) is 4.79 Å². The number of nitrogens with one attached hydrogen (secondary N) is 1. The third-order valence-corrected chi connectivity index (χ3v) is 8.24. The number of hydrogen-bond acceptors (Lipinski definition) is 7. The first kappa shape index (κ1) is 23.0. The van der Waals surface area contributed by atoms with Gasteiger partial charge in [0.2, 0.25) is 11.9 Å². The van der Waals surface area contributed by atoms with E-state index >= 15 is 0 Å². The molecule has 0 radical (unpaired) electrons. The maximum Gasteiger partial charge on any atom is 0.227 e. The van der Waals surface area contributed by atoms with Gasteiger partial charge in [-0.05, 0) is 50.2 Å². The molecule has 1 N–H and O–H groups in total. The number of rotatable bonds is 4. The monoisotopic (exact) mass is 485 g/mol. The van der Waals surface area contributed by atoms with Crippen LogP contribution in [0.2, 0.25) is 0 Å². The second-order valence-electron chi connectivity index (χ2n) is 10.7. The minimum absolute atomic E-state index is 0.190. The molecule has 1 spiro atoms. The molecule has 0 bridgehead atoms. The molecule has 36 heavy (non-hydrogen) atoms. The lowest BCUT2D eigenvalue weighted by Crippen LogP contribution is -2.44. The summed E-state index contributed by atoms with van der Waals surface area (Å²) in [4.78, 5) is 30.7. The molecule has 3 aromatic rings. The highest BCUT2D eigenvalue weighted by atomic mass is 16.2. The van der Waals surface area contributed by atoms with E-state index in [1.807, 2.05) is 11.1 Å². The van der Waals surface area contributed by atoms with Crippen molar-refractivity contribution >= 4 is 39.8 Å². The Morgan fingerprint density at radius 3 is 2.44 bits per heavy atom. The molecular weight excluding hydrogens is 450 g/mol. The summed E-state index contributed by atoms with van der Waals surface area (Å²) in [5.41, 5.74) is 4.57. The van der Waals surface area contributed by atoms with Gasteiger partial charge in [0.05, 0.1) is 11.2 Å². The molecule has 3 fully saturated rings. The zero-order chi connectivity index (χ0) is 24.7. The largest absolute Gasteiger partial charge is 0.369 e. The molecule has 1 aromatic heterocycles. The van der Waals surface area contributed by atoms with E-state index in [0.29, 0.717) is 5.95 Å². The average molecular weight is 486 g/mol. The number of likely N-dealkylation sites (N-methyl/N-ethyl adjacent to an activating group) is 1. The van der Waals surface area contributed by atoms with Crippen LogP contribution in [0, 0.1) is 5.41 Å². The van der Waals surface area contributed by atoms with E-state index < -0.39 is 0 Å². The quantitative estimate of drug-likeness (QED) is 0.606. The van der Waals surface area contributed by atoms with Crippen LogP contribution in [-0.2, 0) is 4.79 Å². The number of para-hydroxylation sites is 1. The summed E-state index contributed by atoms with van der Waals surface area (Å²) < 4.78 is 0. The highest BCUT2D eigenvalue weighted by Gasteiger charge is 2.44. The van der Waals surface area contributed by atoms with Crippen LogP contribution in [0.1, 0.15) is 19.8 Å². The molecule has 188 valence electrons. The SMILES string of the molecule is CC(=O)N1CCC2(CCN(c3cccc4cnc(Nc5ccc(N6CCN(C)CC6)cc5)nc34)C2)C1. The third-order valence-electron chi connectivity index (χ3n) is 8.24. The normalized spacial score (nSPS) is 22.7. The zero-order valence-corrected chi connectivity index (χ0v) is 21.3. The van der Waals surface area contributed by atoms with Crippen LogP contribution >= 0.6 is 0 Å². The molecule has 3 saturated heterocycles. The minimum atomic E-state index is 0.190. The first-order valence-corrected chi connectivity index (χ1v) is 13.0. The van der Waals surface area contributed by atoms with Crippen molar-refractivity contribution < 1.29 is 4.79 Å². The molecule has 3 aliphatic heterocycles. The van der Waals surface area contributed by atoms with Crippen molar-refractivity contribution in [2.45, 2.75) is 19.8 Å². The number of piperazine rings is 1. The van der Waals surface area contributed by atoms with Crippen molar-refractivity contribution in [3.63, 3.8) is 0 Å². The van der Waals surface area contributed by atoms with E-state index in [9.17, 15) is 4.79 Å². The van der Waals surface area contributed by atoms with E-state index in [2.05, 4.69) is 74.5 Å². The Morgan fingerprint density at radius 2 is 1.69 bits per heavy atom. The lowest BCUT2D eigenvalue weighted by atomic mass is 9.86. The number of carbonyl (C=O) groups is 1. The molecule has 1 atom stereocenters.